The Kier molecular flexibility index (Phi) is 5.14. The van der Waals surface area contributed by atoms with Gasteiger partial charge in [-0.1, -0.05) is 30.2 Å². The number of nitrogens with zero attached hydrogens (tertiary/aromatic N) is 3. The fourth-order valence-electron chi connectivity index (χ4n) is 3.67. The lowest BCUT2D eigenvalue weighted by molar-refractivity contribution is 0.214. The number of hydrogen-bond donors (Lipinski definition) is 0. The van der Waals surface area contributed by atoms with Crippen molar-refractivity contribution in [1.82, 2.24) is 14.5 Å². The first kappa shape index (κ1) is 17.4. The molecule has 4 nitrogen and oxygen atoms in total. The summed E-state index contributed by atoms with van der Waals surface area (Å²) >= 11 is 6.04. The number of halogens is 1. The Hall–Kier alpha value is -2.04. The van der Waals surface area contributed by atoms with E-state index in [4.69, 9.17) is 21.3 Å². The Morgan fingerprint density at radius 2 is 1.77 bits per heavy atom. The average Bonchev–Trinajstić information content (AvgIpc) is 3.00. The molecule has 0 amide bonds. The summed E-state index contributed by atoms with van der Waals surface area (Å²) in [5, 5.41) is 0.766. The molecule has 4 rings (SSSR count). The van der Waals surface area contributed by atoms with Gasteiger partial charge in [0, 0.05) is 17.6 Å². The molecule has 1 aliphatic heterocycles. The number of likely N-dealkylation sites (tertiary alicyclic amines) is 1. The second kappa shape index (κ2) is 7.68. The van der Waals surface area contributed by atoms with Gasteiger partial charge in [-0.25, -0.2) is 4.98 Å². The molecule has 0 spiro atoms. The monoisotopic (exact) mass is 369 g/mol. The van der Waals surface area contributed by atoms with Gasteiger partial charge in [-0.15, -0.1) is 0 Å². The molecule has 3 aromatic rings. The lowest BCUT2D eigenvalue weighted by Gasteiger charge is -2.26. The van der Waals surface area contributed by atoms with Crippen molar-refractivity contribution < 1.29 is 4.74 Å². The molecule has 2 heterocycles. The summed E-state index contributed by atoms with van der Waals surface area (Å²) in [4.78, 5) is 7.46. The first-order valence-corrected chi connectivity index (χ1v) is 9.61. The Labute approximate surface area is 159 Å². The first-order valence-electron chi connectivity index (χ1n) is 9.23. The van der Waals surface area contributed by atoms with E-state index < -0.39 is 0 Å². The minimum absolute atomic E-state index is 0.766. The SMILES string of the molecule is COc1ccc2c(c1)nc(CN1CCCCC1)n2Cc1ccc(Cl)cc1. The molecule has 0 atom stereocenters. The second-order valence-corrected chi connectivity index (χ2v) is 7.37. The summed E-state index contributed by atoms with van der Waals surface area (Å²) in [5.74, 6) is 1.96. The van der Waals surface area contributed by atoms with Gasteiger partial charge < -0.3 is 9.30 Å². The topological polar surface area (TPSA) is 30.3 Å². The normalized spacial score (nSPS) is 15.5. The molecule has 26 heavy (non-hydrogen) atoms. The number of piperidine rings is 1. The average molecular weight is 370 g/mol. The van der Waals surface area contributed by atoms with Crippen molar-refractivity contribution in [1.29, 1.82) is 0 Å². The van der Waals surface area contributed by atoms with Crippen molar-refractivity contribution in [3.05, 3.63) is 58.9 Å². The molecule has 0 saturated carbocycles. The van der Waals surface area contributed by atoms with Gasteiger partial charge in [0.15, 0.2) is 0 Å². The van der Waals surface area contributed by atoms with Crippen molar-refractivity contribution in [2.24, 2.45) is 0 Å². The van der Waals surface area contributed by atoms with Crippen molar-refractivity contribution in [3.63, 3.8) is 0 Å². The van der Waals surface area contributed by atoms with Crippen LogP contribution in [0.2, 0.25) is 5.02 Å². The third-order valence-corrected chi connectivity index (χ3v) is 5.35. The van der Waals surface area contributed by atoms with E-state index in [1.807, 2.05) is 24.3 Å². The zero-order chi connectivity index (χ0) is 17.9. The molecular weight excluding hydrogens is 346 g/mol. The van der Waals surface area contributed by atoms with Crippen molar-refractivity contribution in [2.45, 2.75) is 32.4 Å². The molecular formula is C21H24ClN3O. The number of fused-ring (bicyclic) bond motifs is 1. The Morgan fingerprint density at radius 3 is 2.50 bits per heavy atom. The maximum atomic E-state index is 6.04. The van der Waals surface area contributed by atoms with Crippen LogP contribution in [0.1, 0.15) is 30.7 Å². The number of methoxy groups -OCH3 is 1. The van der Waals surface area contributed by atoms with Crippen LogP contribution in [0.4, 0.5) is 0 Å². The van der Waals surface area contributed by atoms with Crippen LogP contribution in [0, 0.1) is 0 Å². The van der Waals surface area contributed by atoms with Gasteiger partial charge in [0.2, 0.25) is 0 Å². The van der Waals surface area contributed by atoms with Gasteiger partial charge in [0.25, 0.3) is 0 Å². The van der Waals surface area contributed by atoms with Crippen LogP contribution in [-0.4, -0.2) is 34.7 Å². The van der Waals surface area contributed by atoms with E-state index >= 15 is 0 Å². The molecule has 1 aliphatic rings. The molecule has 136 valence electrons. The van der Waals surface area contributed by atoms with Crippen LogP contribution in [-0.2, 0) is 13.1 Å². The molecule has 0 unspecified atom stereocenters. The molecule has 0 radical (unpaired) electrons. The summed E-state index contributed by atoms with van der Waals surface area (Å²) in [6, 6.07) is 14.2. The van der Waals surface area contributed by atoms with E-state index in [2.05, 4.69) is 27.7 Å². The van der Waals surface area contributed by atoms with Crippen molar-refractivity contribution >= 4 is 22.6 Å². The van der Waals surface area contributed by atoms with Crippen LogP contribution >= 0.6 is 11.6 Å². The predicted molar refractivity (Wildman–Crippen MR) is 106 cm³/mol. The molecule has 1 aromatic heterocycles. The van der Waals surface area contributed by atoms with Gasteiger partial charge in [-0.3, -0.25) is 4.90 Å². The number of imidazole rings is 1. The van der Waals surface area contributed by atoms with Gasteiger partial charge in [0.1, 0.15) is 11.6 Å². The van der Waals surface area contributed by atoms with E-state index in [-0.39, 0.29) is 0 Å². The zero-order valence-corrected chi connectivity index (χ0v) is 15.9. The maximum Gasteiger partial charge on any atom is 0.124 e. The van der Waals surface area contributed by atoms with Gasteiger partial charge in [-0.2, -0.15) is 0 Å². The second-order valence-electron chi connectivity index (χ2n) is 6.93. The van der Waals surface area contributed by atoms with Crippen LogP contribution in [0.3, 0.4) is 0 Å². The number of benzene rings is 2. The maximum absolute atomic E-state index is 6.04. The van der Waals surface area contributed by atoms with Crippen LogP contribution in [0.15, 0.2) is 42.5 Å². The van der Waals surface area contributed by atoms with Crippen molar-refractivity contribution in [2.75, 3.05) is 20.2 Å². The highest BCUT2D eigenvalue weighted by Crippen LogP contribution is 2.24. The van der Waals surface area contributed by atoms with Gasteiger partial charge in [-0.05, 0) is 55.8 Å². The highest BCUT2D eigenvalue weighted by atomic mass is 35.5. The summed E-state index contributed by atoms with van der Waals surface area (Å²) in [6.45, 7) is 4.01. The molecule has 2 aromatic carbocycles. The smallest absolute Gasteiger partial charge is 0.124 e. The fraction of sp³-hybridized carbons (Fsp3) is 0.381. The van der Waals surface area contributed by atoms with Gasteiger partial charge >= 0.3 is 0 Å². The molecule has 5 heteroatoms. The number of ether oxygens (including phenoxy) is 1. The summed E-state index contributed by atoms with van der Waals surface area (Å²) in [7, 11) is 1.69. The van der Waals surface area contributed by atoms with E-state index in [1.54, 1.807) is 7.11 Å². The van der Waals surface area contributed by atoms with E-state index in [0.717, 1.165) is 53.8 Å². The lowest BCUT2D eigenvalue weighted by Crippen LogP contribution is -2.30. The zero-order valence-electron chi connectivity index (χ0n) is 15.1. The molecule has 0 N–H and O–H groups in total. The Balaban J connectivity index is 1.71. The summed E-state index contributed by atoms with van der Waals surface area (Å²) < 4.78 is 7.70. The Bertz CT molecular complexity index is 882. The first-order chi connectivity index (χ1) is 12.7. The predicted octanol–water partition coefficient (Wildman–Crippen LogP) is 4.73. The largest absolute Gasteiger partial charge is 0.497 e. The minimum Gasteiger partial charge on any atom is -0.497 e. The lowest BCUT2D eigenvalue weighted by atomic mass is 10.1. The number of aromatic nitrogens is 2. The minimum atomic E-state index is 0.766. The van der Waals surface area contributed by atoms with Crippen LogP contribution in [0.5, 0.6) is 5.75 Å². The molecule has 1 saturated heterocycles. The van der Waals surface area contributed by atoms with E-state index in [1.165, 1.54) is 24.8 Å². The fourth-order valence-corrected chi connectivity index (χ4v) is 3.80. The Morgan fingerprint density at radius 1 is 1.00 bits per heavy atom. The quantitative estimate of drug-likeness (QED) is 0.651. The van der Waals surface area contributed by atoms with Gasteiger partial charge in [0.05, 0.1) is 24.7 Å². The molecule has 0 aliphatic carbocycles. The van der Waals surface area contributed by atoms with E-state index in [9.17, 15) is 0 Å². The van der Waals surface area contributed by atoms with E-state index in [0.29, 0.717) is 0 Å². The molecule has 1 fully saturated rings. The third-order valence-electron chi connectivity index (χ3n) is 5.10. The highest BCUT2D eigenvalue weighted by molar-refractivity contribution is 6.30. The highest BCUT2D eigenvalue weighted by Gasteiger charge is 2.17. The molecule has 0 bridgehead atoms. The number of hydrogen-bond acceptors (Lipinski definition) is 3. The van der Waals surface area contributed by atoms with Crippen molar-refractivity contribution in [3.8, 4) is 5.75 Å². The standard InChI is InChI=1S/C21H24ClN3O/c1-26-18-9-10-20-19(13-18)23-21(15-24-11-3-2-4-12-24)25(20)14-16-5-7-17(22)8-6-16/h5-10,13H,2-4,11-12,14-15H2,1H3. The van der Waals surface area contributed by atoms with Crippen LogP contribution in [0.25, 0.3) is 11.0 Å². The third kappa shape index (κ3) is 3.71. The summed E-state index contributed by atoms with van der Waals surface area (Å²) in [6.07, 6.45) is 3.91. The number of rotatable bonds is 5. The van der Waals surface area contributed by atoms with Crippen LogP contribution < -0.4 is 4.74 Å². The summed E-state index contributed by atoms with van der Waals surface area (Å²) in [5.41, 5.74) is 3.36.